The normalized spacial score (nSPS) is 26.2. The molecule has 1 aliphatic heterocycles. The van der Waals surface area contributed by atoms with Gasteiger partial charge in [0.05, 0.1) is 6.61 Å². The van der Waals surface area contributed by atoms with Crippen molar-refractivity contribution in [2.24, 2.45) is 0 Å². The summed E-state index contributed by atoms with van der Waals surface area (Å²) in [5.41, 5.74) is -5.04. The van der Waals surface area contributed by atoms with Crippen molar-refractivity contribution in [2.45, 2.75) is 50.4 Å². The molecule has 8 nitrogen and oxygen atoms in total. The first-order chi connectivity index (χ1) is 11.3. The second kappa shape index (κ2) is 6.52. The zero-order valence-electron chi connectivity index (χ0n) is 13.1. The Kier molecular flexibility index (Phi) is 5.10. The Labute approximate surface area is 137 Å². The summed E-state index contributed by atoms with van der Waals surface area (Å²) >= 11 is 0. The van der Waals surface area contributed by atoms with Gasteiger partial charge in [-0.2, -0.15) is 13.2 Å². The van der Waals surface area contributed by atoms with Crippen LogP contribution < -0.4 is 11.2 Å². The number of ether oxygens (including phenoxy) is 2. The quantitative estimate of drug-likeness (QED) is 0.639. The first-order valence-corrected chi connectivity index (χ1v) is 7.08. The van der Waals surface area contributed by atoms with Crippen molar-refractivity contribution in [3.05, 3.63) is 32.6 Å². The van der Waals surface area contributed by atoms with Crippen molar-refractivity contribution in [1.29, 1.82) is 0 Å². The molecule has 0 bridgehead atoms. The van der Waals surface area contributed by atoms with E-state index >= 15 is 0 Å². The van der Waals surface area contributed by atoms with Crippen LogP contribution in [0.2, 0.25) is 0 Å². The van der Waals surface area contributed by atoms with Crippen LogP contribution >= 0.6 is 0 Å². The van der Waals surface area contributed by atoms with E-state index in [9.17, 15) is 37.4 Å². The smallest absolute Gasteiger partial charge is 0.388 e. The van der Waals surface area contributed by atoms with Crippen molar-refractivity contribution >= 4 is 0 Å². The largest absolute Gasteiger partial charge is 0.423 e. The third kappa shape index (κ3) is 4.08. The molecule has 0 aromatic carbocycles. The van der Waals surface area contributed by atoms with Crippen molar-refractivity contribution < 1.29 is 37.2 Å². The lowest BCUT2D eigenvalue weighted by molar-refractivity contribution is -0.324. The number of hydrogen-bond donors (Lipinski definition) is 3. The number of nitrogens with one attached hydrogen (secondary N) is 1. The summed E-state index contributed by atoms with van der Waals surface area (Å²) < 4.78 is 62.9. The van der Waals surface area contributed by atoms with Crippen LogP contribution in [0.4, 0.5) is 17.6 Å². The van der Waals surface area contributed by atoms with Gasteiger partial charge in [-0.3, -0.25) is 14.3 Å². The highest BCUT2D eigenvalue weighted by molar-refractivity contribution is 5.09. The molecule has 1 aromatic heterocycles. The Morgan fingerprint density at radius 1 is 1.40 bits per heavy atom. The fourth-order valence-corrected chi connectivity index (χ4v) is 2.31. The molecular weight excluding hydrogens is 356 g/mol. The molecule has 1 aromatic rings. The van der Waals surface area contributed by atoms with Gasteiger partial charge in [-0.05, 0) is 13.8 Å². The Balaban J connectivity index is 2.38. The summed E-state index contributed by atoms with van der Waals surface area (Å²) in [6.45, 7) is 2.51. The van der Waals surface area contributed by atoms with Gasteiger partial charge in [0, 0.05) is 6.20 Å². The van der Waals surface area contributed by atoms with Gasteiger partial charge in [-0.25, -0.2) is 9.18 Å². The van der Waals surface area contributed by atoms with Crippen LogP contribution in [0.3, 0.4) is 0 Å². The van der Waals surface area contributed by atoms with Gasteiger partial charge in [0.2, 0.25) is 6.30 Å². The van der Waals surface area contributed by atoms with Gasteiger partial charge < -0.3 is 19.7 Å². The van der Waals surface area contributed by atoms with E-state index in [4.69, 9.17) is 9.47 Å². The number of aliphatic hydroxyl groups excluding tert-OH is 2. The summed E-state index contributed by atoms with van der Waals surface area (Å²) in [6.07, 6.45) is -13.2. The van der Waals surface area contributed by atoms with E-state index in [0.717, 1.165) is 0 Å². The van der Waals surface area contributed by atoms with Gasteiger partial charge in [-0.1, -0.05) is 0 Å². The third-order valence-electron chi connectivity index (χ3n) is 3.56. The van der Waals surface area contributed by atoms with Gasteiger partial charge >= 0.3 is 11.9 Å². The summed E-state index contributed by atoms with van der Waals surface area (Å²) in [5.74, 6) is -1.29. The predicted molar refractivity (Wildman–Crippen MR) is 73.4 cm³/mol. The van der Waals surface area contributed by atoms with Crippen LogP contribution in [0.5, 0.6) is 0 Å². The molecule has 0 aliphatic carbocycles. The zero-order chi connectivity index (χ0) is 19.2. The molecule has 0 radical (unpaired) electrons. The molecular formula is C13H16F4N2O6. The Hall–Kier alpha value is -1.76. The highest BCUT2D eigenvalue weighted by Crippen LogP contribution is 2.30. The van der Waals surface area contributed by atoms with E-state index in [1.165, 1.54) is 18.8 Å². The molecule has 1 fully saturated rings. The highest BCUT2D eigenvalue weighted by atomic mass is 19.4. The van der Waals surface area contributed by atoms with Crippen molar-refractivity contribution in [3.63, 3.8) is 0 Å². The minimum atomic E-state index is -5.13. The highest BCUT2D eigenvalue weighted by Gasteiger charge is 2.44. The van der Waals surface area contributed by atoms with Crippen LogP contribution in [0, 0.1) is 0 Å². The molecule has 0 saturated carbocycles. The second-order valence-corrected chi connectivity index (χ2v) is 5.93. The van der Waals surface area contributed by atoms with Crippen molar-refractivity contribution in [1.82, 2.24) is 9.55 Å². The first-order valence-electron chi connectivity index (χ1n) is 7.08. The van der Waals surface area contributed by atoms with E-state index in [1.54, 1.807) is 0 Å². The lowest BCUT2D eigenvalue weighted by Gasteiger charge is -2.41. The molecule has 3 N–H and O–H groups in total. The number of rotatable bonds is 3. The van der Waals surface area contributed by atoms with E-state index in [-0.39, 0.29) is 17.4 Å². The molecule has 142 valence electrons. The molecule has 25 heavy (non-hydrogen) atoms. The Morgan fingerprint density at radius 3 is 2.56 bits per heavy atom. The Bertz CT molecular complexity index is 743. The van der Waals surface area contributed by atoms with E-state index < -0.39 is 53.4 Å². The molecule has 1 unspecified atom stereocenters. The summed E-state index contributed by atoms with van der Waals surface area (Å²) in [5, 5.41) is 19.8. The molecule has 2 rings (SSSR count). The van der Waals surface area contributed by atoms with Crippen LogP contribution in [-0.4, -0.2) is 50.5 Å². The van der Waals surface area contributed by atoms with Crippen LogP contribution in [0.1, 0.15) is 25.7 Å². The minimum absolute atomic E-state index is 0.0358. The molecule has 0 spiro atoms. The lowest BCUT2D eigenvalue weighted by Crippen LogP contribution is -2.55. The third-order valence-corrected chi connectivity index (χ3v) is 3.56. The maximum atomic E-state index is 14.5. The standard InChI is InChI=1S/C13H16F4N2O6/c1-12(2)24-4-6(20)8(25-12)7(21)9(14)19-3-5(13(15,16)17)10(22)18-11(19)23/h3,6-9,20-21H,4H2,1-2H3,(H,18,22,23)/t6-,7-,8?,9-/m1/s1. The average Bonchev–Trinajstić information content (AvgIpc) is 2.47. The molecule has 4 atom stereocenters. The van der Waals surface area contributed by atoms with E-state index in [1.807, 2.05) is 0 Å². The number of aromatic amines is 1. The second-order valence-electron chi connectivity index (χ2n) is 5.93. The average molecular weight is 372 g/mol. The summed E-state index contributed by atoms with van der Waals surface area (Å²) in [6, 6.07) is 0. The van der Waals surface area contributed by atoms with Crippen LogP contribution in [-0.2, 0) is 15.7 Å². The molecule has 2 heterocycles. The number of nitrogens with zero attached hydrogens (tertiary/aromatic N) is 1. The number of alkyl halides is 4. The Morgan fingerprint density at radius 2 is 2.00 bits per heavy atom. The van der Waals surface area contributed by atoms with E-state index in [2.05, 4.69) is 0 Å². The predicted octanol–water partition coefficient (Wildman–Crippen LogP) is -0.103. The number of aliphatic hydroxyl groups is 2. The topological polar surface area (TPSA) is 114 Å². The van der Waals surface area contributed by atoms with Crippen molar-refractivity contribution in [2.75, 3.05) is 6.61 Å². The first kappa shape index (κ1) is 19.6. The molecule has 0 amide bonds. The number of halogens is 4. The summed E-state index contributed by atoms with van der Waals surface area (Å²) in [7, 11) is 0. The SMILES string of the molecule is CC1(C)OC[C@@H](O)C([C@@H](O)[C@H](F)n2cc(C(F)(F)F)c(=O)[nH]c2=O)O1. The number of hydrogen-bond acceptors (Lipinski definition) is 6. The number of H-pyrrole nitrogens is 1. The van der Waals surface area contributed by atoms with Gasteiger partial charge in [0.25, 0.3) is 5.56 Å². The van der Waals surface area contributed by atoms with Gasteiger partial charge in [-0.15, -0.1) is 0 Å². The van der Waals surface area contributed by atoms with Crippen molar-refractivity contribution in [3.8, 4) is 0 Å². The van der Waals surface area contributed by atoms with Gasteiger partial charge in [0.1, 0.15) is 23.9 Å². The maximum Gasteiger partial charge on any atom is 0.423 e. The maximum absolute atomic E-state index is 14.5. The minimum Gasteiger partial charge on any atom is -0.388 e. The molecule has 1 saturated heterocycles. The fourth-order valence-electron chi connectivity index (χ4n) is 2.31. The molecule has 1 aliphatic rings. The van der Waals surface area contributed by atoms with E-state index in [0.29, 0.717) is 0 Å². The summed E-state index contributed by atoms with van der Waals surface area (Å²) in [4.78, 5) is 24.2. The zero-order valence-corrected chi connectivity index (χ0v) is 13.1. The van der Waals surface area contributed by atoms with Gasteiger partial charge in [0.15, 0.2) is 5.79 Å². The molecule has 12 heteroatoms. The number of aromatic nitrogens is 2. The van der Waals surface area contributed by atoms with Crippen LogP contribution in [0.15, 0.2) is 15.8 Å². The lowest BCUT2D eigenvalue weighted by atomic mass is 10.1. The fraction of sp³-hybridized carbons (Fsp3) is 0.692. The monoisotopic (exact) mass is 372 g/mol. The van der Waals surface area contributed by atoms with Crippen LogP contribution in [0.25, 0.3) is 0 Å².